The molecule has 0 spiro atoms. The van der Waals surface area contributed by atoms with E-state index in [2.05, 4.69) is 0 Å². The maximum absolute atomic E-state index is 12.3. The van der Waals surface area contributed by atoms with E-state index in [1.165, 1.54) is 4.90 Å². The van der Waals surface area contributed by atoms with Crippen molar-refractivity contribution in [2.45, 2.75) is 31.6 Å². The van der Waals surface area contributed by atoms with E-state index >= 15 is 0 Å². The smallest absolute Gasteiger partial charge is 0.236 e. The van der Waals surface area contributed by atoms with Gasteiger partial charge in [-0.2, -0.15) is 0 Å². The van der Waals surface area contributed by atoms with Crippen molar-refractivity contribution in [2.75, 3.05) is 6.61 Å². The summed E-state index contributed by atoms with van der Waals surface area (Å²) in [6.07, 6.45) is 3.16. The summed E-state index contributed by atoms with van der Waals surface area (Å²) in [7, 11) is 0. The molecule has 3 aliphatic rings. The molecule has 3 heterocycles. The zero-order chi connectivity index (χ0) is 12.4. The number of hydrogen-bond acceptors (Lipinski definition) is 4. The molecule has 0 aromatic rings. The molecule has 5 nitrogen and oxygen atoms in total. The minimum Gasteiger partial charge on any atom is -0.393 e. The van der Waals surface area contributed by atoms with E-state index in [4.69, 9.17) is 4.74 Å². The zero-order valence-corrected chi connectivity index (χ0v) is 9.79. The number of imide groups is 1. The minimum absolute atomic E-state index is 0.143. The third-order valence-electron chi connectivity index (χ3n) is 3.95. The van der Waals surface area contributed by atoms with Crippen LogP contribution in [0.3, 0.4) is 0 Å². The largest absolute Gasteiger partial charge is 0.393 e. The summed E-state index contributed by atoms with van der Waals surface area (Å²) in [5.74, 6) is -1.37. The van der Waals surface area contributed by atoms with Gasteiger partial charge in [0.2, 0.25) is 11.8 Å². The first kappa shape index (κ1) is 10.9. The lowest BCUT2D eigenvalue weighted by atomic mass is 9.77. The first-order chi connectivity index (χ1) is 8.02. The van der Waals surface area contributed by atoms with Crippen LogP contribution in [0.1, 0.15) is 13.8 Å². The predicted octanol–water partition coefficient (Wildman–Crippen LogP) is -0.304. The molecule has 0 unspecified atom stereocenters. The van der Waals surface area contributed by atoms with E-state index in [-0.39, 0.29) is 30.6 Å². The molecule has 0 aromatic heterocycles. The molecule has 0 aliphatic carbocycles. The van der Waals surface area contributed by atoms with E-state index in [1.54, 1.807) is 12.2 Å². The Hall–Kier alpha value is -1.20. The Morgan fingerprint density at radius 3 is 2.76 bits per heavy atom. The maximum atomic E-state index is 12.3. The van der Waals surface area contributed by atoms with Crippen LogP contribution in [0.2, 0.25) is 0 Å². The molecule has 0 saturated carbocycles. The van der Waals surface area contributed by atoms with E-state index < -0.39 is 17.4 Å². The van der Waals surface area contributed by atoms with Gasteiger partial charge in [-0.1, -0.05) is 12.2 Å². The van der Waals surface area contributed by atoms with Gasteiger partial charge in [0.1, 0.15) is 5.60 Å². The number of amides is 2. The summed E-state index contributed by atoms with van der Waals surface area (Å²) in [6, 6.07) is -0.143. The lowest BCUT2D eigenvalue weighted by Crippen LogP contribution is -2.44. The number of aliphatic hydroxyl groups excluding tert-OH is 1. The average Bonchev–Trinajstić information content (AvgIpc) is 2.89. The Morgan fingerprint density at radius 2 is 2.18 bits per heavy atom. The number of likely N-dealkylation sites (tertiary alicyclic amines) is 1. The number of carbonyl (C=O) groups excluding carboxylic acids is 2. The minimum atomic E-state index is -0.967. The summed E-state index contributed by atoms with van der Waals surface area (Å²) in [5, 5.41) is 9.46. The van der Waals surface area contributed by atoms with Crippen LogP contribution in [0.25, 0.3) is 0 Å². The fourth-order valence-electron chi connectivity index (χ4n) is 3.22. The molecule has 2 bridgehead atoms. The second-order valence-electron chi connectivity index (χ2n) is 5.20. The van der Waals surface area contributed by atoms with Crippen molar-refractivity contribution >= 4 is 11.8 Å². The average molecular weight is 237 g/mol. The van der Waals surface area contributed by atoms with Crippen LogP contribution in [0, 0.1) is 11.8 Å². The number of rotatable bonds is 2. The molecule has 2 amide bonds. The summed E-state index contributed by atoms with van der Waals surface area (Å²) in [4.78, 5) is 25.8. The standard InChI is InChI=1S/C12H15NO4/c1-6(2)13-10(15)8-7-3-4-12(5-14,17-7)9(8)11(13)16/h3-4,6-9,14H,5H2,1-2H3/t7-,8-,9+,12-/m1/s1. The van der Waals surface area contributed by atoms with Crippen molar-refractivity contribution in [3.05, 3.63) is 12.2 Å². The summed E-state index contributed by atoms with van der Waals surface area (Å²) >= 11 is 0. The van der Waals surface area contributed by atoms with Gasteiger partial charge < -0.3 is 9.84 Å². The Labute approximate surface area is 99.0 Å². The maximum Gasteiger partial charge on any atom is 0.236 e. The molecule has 3 rings (SSSR count). The van der Waals surface area contributed by atoms with Crippen LogP contribution in [0.5, 0.6) is 0 Å². The van der Waals surface area contributed by atoms with Gasteiger partial charge in [0.05, 0.1) is 24.5 Å². The van der Waals surface area contributed by atoms with Crippen LogP contribution in [0.4, 0.5) is 0 Å². The number of fused-ring (bicyclic) bond motifs is 5. The highest BCUT2D eigenvalue weighted by atomic mass is 16.5. The molecule has 2 saturated heterocycles. The Balaban J connectivity index is 2.04. The highest BCUT2D eigenvalue weighted by molar-refractivity contribution is 6.07. The van der Waals surface area contributed by atoms with Gasteiger partial charge in [-0.3, -0.25) is 14.5 Å². The number of hydrogen-bond donors (Lipinski definition) is 1. The molecule has 3 aliphatic heterocycles. The molecule has 0 aromatic carbocycles. The Bertz CT molecular complexity index is 430. The van der Waals surface area contributed by atoms with Crippen molar-refractivity contribution < 1.29 is 19.4 Å². The molecule has 1 N–H and O–H groups in total. The molecule has 0 radical (unpaired) electrons. The molecular formula is C12H15NO4. The molecule has 4 atom stereocenters. The van der Waals surface area contributed by atoms with Crippen LogP contribution >= 0.6 is 0 Å². The van der Waals surface area contributed by atoms with Crippen LogP contribution in [-0.4, -0.2) is 46.2 Å². The molecular weight excluding hydrogens is 222 g/mol. The first-order valence-electron chi connectivity index (χ1n) is 5.87. The van der Waals surface area contributed by atoms with Gasteiger partial charge >= 0.3 is 0 Å². The van der Waals surface area contributed by atoms with Crippen molar-refractivity contribution in [1.82, 2.24) is 4.90 Å². The monoisotopic (exact) mass is 237 g/mol. The molecule has 5 heteroatoms. The first-order valence-corrected chi connectivity index (χ1v) is 5.87. The SMILES string of the molecule is CC(C)N1C(=O)[C@H]2[C@@H](C1=O)[C@]1(CO)C=C[C@H]2O1. The number of carbonyl (C=O) groups is 2. The van der Waals surface area contributed by atoms with Gasteiger partial charge in [0.15, 0.2) is 0 Å². The third-order valence-corrected chi connectivity index (χ3v) is 3.95. The highest BCUT2D eigenvalue weighted by Crippen LogP contribution is 2.51. The second-order valence-corrected chi connectivity index (χ2v) is 5.20. The summed E-state index contributed by atoms with van der Waals surface area (Å²) < 4.78 is 5.62. The normalized spacial score (nSPS) is 43.1. The molecule has 17 heavy (non-hydrogen) atoms. The Morgan fingerprint density at radius 1 is 1.47 bits per heavy atom. The number of aliphatic hydroxyl groups is 1. The van der Waals surface area contributed by atoms with E-state index in [1.807, 2.05) is 13.8 Å². The van der Waals surface area contributed by atoms with E-state index in [9.17, 15) is 14.7 Å². The predicted molar refractivity (Wildman–Crippen MR) is 57.8 cm³/mol. The summed E-state index contributed by atoms with van der Waals surface area (Å²) in [5.41, 5.74) is -0.967. The van der Waals surface area contributed by atoms with Gasteiger partial charge in [-0.15, -0.1) is 0 Å². The fraction of sp³-hybridized carbons (Fsp3) is 0.667. The number of nitrogens with zero attached hydrogens (tertiary/aromatic N) is 1. The van der Waals surface area contributed by atoms with Crippen LogP contribution in [0.15, 0.2) is 12.2 Å². The van der Waals surface area contributed by atoms with Gasteiger partial charge in [0, 0.05) is 6.04 Å². The van der Waals surface area contributed by atoms with Gasteiger partial charge in [-0.25, -0.2) is 0 Å². The highest BCUT2D eigenvalue weighted by Gasteiger charge is 2.67. The lowest BCUT2D eigenvalue weighted by molar-refractivity contribution is -0.147. The number of ether oxygens (including phenoxy) is 1. The van der Waals surface area contributed by atoms with Crippen molar-refractivity contribution in [1.29, 1.82) is 0 Å². The molecule has 2 fully saturated rings. The molecule has 92 valence electrons. The summed E-state index contributed by atoms with van der Waals surface area (Å²) in [6.45, 7) is 3.38. The van der Waals surface area contributed by atoms with Gasteiger partial charge in [0.25, 0.3) is 0 Å². The fourth-order valence-corrected chi connectivity index (χ4v) is 3.22. The topological polar surface area (TPSA) is 66.8 Å². The third kappa shape index (κ3) is 1.11. The second kappa shape index (κ2) is 3.17. The quantitative estimate of drug-likeness (QED) is 0.528. The van der Waals surface area contributed by atoms with Crippen LogP contribution in [-0.2, 0) is 14.3 Å². The Kier molecular flexibility index (Phi) is 2.04. The van der Waals surface area contributed by atoms with Gasteiger partial charge in [-0.05, 0) is 13.8 Å². The van der Waals surface area contributed by atoms with Crippen molar-refractivity contribution in [2.24, 2.45) is 11.8 Å². The zero-order valence-electron chi connectivity index (χ0n) is 9.79. The van der Waals surface area contributed by atoms with Crippen molar-refractivity contribution in [3.8, 4) is 0 Å². The van der Waals surface area contributed by atoms with E-state index in [0.717, 1.165) is 0 Å². The van der Waals surface area contributed by atoms with Crippen molar-refractivity contribution in [3.63, 3.8) is 0 Å². The van der Waals surface area contributed by atoms with E-state index in [0.29, 0.717) is 0 Å². The lowest BCUT2D eigenvalue weighted by Gasteiger charge is -2.27. The van der Waals surface area contributed by atoms with Crippen LogP contribution < -0.4 is 0 Å².